The Labute approximate surface area is 120 Å². The molecule has 1 N–H and O–H groups in total. The van der Waals surface area contributed by atoms with E-state index in [-0.39, 0.29) is 0 Å². The molecular formula is C16H24N4. The fraction of sp³-hybridized carbons (Fsp3) is 0.625. The Balaban J connectivity index is 1.78. The van der Waals surface area contributed by atoms with E-state index in [9.17, 15) is 0 Å². The number of pyridine rings is 1. The van der Waals surface area contributed by atoms with E-state index in [0.29, 0.717) is 0 Å². The van der Waals surface area contributed by atoms with Crippen LogP contribution in [0.1, 0.15) is 38.8 Å². The first-order chi connectivity index (χ1) is 9.65. The first kappa shape index (κ1) is 13.4. The summed E-state index contributed by atoms with van der Waals surface area (Å²) in [5.41, 5.74) is 3.25. The van der Waals surface area contributed by atoms with Crippen molar-refractivity contribution >= 4 is 16.7 Å². The summed E-state index contributed by atoms with van der Waals surface area (Å²) in [6.45, 7) is 9.04. The fourth-order valence-electron chi connectivity index (χ4n) is 3.42. The van der Waals surface area contributed by atoms with Gasteiger partial charge in [-0.25, -0.2) is 4.98 Å². The van der Waals surface area contributed by atoms with Crippen LogP contribution in [0.2, 0.25) is 0 Å². The predicted molar refractivity (Wildman–Crippen MR) is 83.0 cm³/mol. The molecule has 20 heavy (non-hydrogen) atoms. The second-order valence-corrected chi connectivity index (χ2v) is 6.44. The summed E-state index contributed by atoms with van der Waals surface area (Å²) < 4.78 is 0. The summed E-state index contributed by atoms with van der Waals surface area (Å²) in [5, 5.41) is 8.51. The average molecular weight is 272 g/mol. The topological polar surface area (TPSA) is 44.8 Å². The van der Waals surface area contributed by atoms with Crippen molar-refractivity contribution in [1.82, 2.24) is 15.2 Å². The summed E-state index contributed by atoms with van der Waals surface area (Å²) in [4.78, 5) is 6.85. The Hall–Kier alpha value is -1.58. The lowest BCUT2D eigenvalue weighted by molar-refractivity contribution is 0.338. The van der Waals surface area contributed by atoms with Crippen molar-refractivity contribution in [2.24, 2.45) is 11.8 Å². The van der Waals surface area contributed by atoms with E-state index in [2.05, 4.69) is 46.9 Å². The van der Waals surface area contributed by atoms with E-state index in [4.69, 9.17) is 0 Å². The Kier molecular flexibility index (Phi) is 3.64. The van der Waals surface area contributed by atoms with Gasteiger partial charge in [-0.05, 0) is 44.1 Å². The number of fused-ring (bicyclic) bond motifs is 1. The SMILES string of the molecule is Cc1[nH]nc2nccc(N3CCC(CC(C)C)CC3)c12. The van der Waals surface area contributed by atoms with Crippen molar-refractivity contribution in [3.05, 3.63) is 18.0 Å². The maximum Gasteiger partial charge on any atom is 0.183 e. The van der Waals surface area contributed by atoms with Gasteiger partial charge in [-0.15, -0.1) is 0 Å². The van der Waals surface area contributed by atoms with Gasteiger partial charge < -0.3 is 4.90 Å². The van der Waals surface area contributed by atoms with E-state index in [1.165, 1.54) is 30.3 Å². The number of rotatable bonds is 3. The van der Waals surface area contributed by atoms with Gasteiger partial charge in [-0.1, -0.05) is 13.8 Å². The third-order valence-electron chi connectivity index (χ3n) is 4.37. The van der Waals surface area contributed by atoms with E-state index in [1.807, 2.05) is 6.20 Å². The number of aryl methyl sites for hydroxylation is 1. The minimum Gasteiger partial charge on any atom is -0.371 e. The number of H-pyrrole nitrogens is 1. The maximum absolute atomic E-state index is 4.34. The molecule has 0 spiro atoms. The minimum atomic E-state index is 0.815. The molecule has 2 aromatic heterocycles. The summed E-state index contributed by atoms with van der Waals surface area (Å²) in [6, 6.07) is 2.13. The molecule has 1 saturated heterocycles. The van der Waals surface area contributed by atoms with Gasteiger partial charge in [0.25, 0.3) is 0 Å². The van der Waals surface area contributed by atoms with Crippen molar-refractivity contribution < 1.29 is 0 Å². The van der Waals surface area contributed by atoms with Gasteiger partial charge in [0.05, 0.1) is 11.1 Å². The normalized spacial score (nSPS) is 17.3. The van der Waals surface area contributed by atoms with Crippen LogP contribution in [0.4, 0.5) is 5.69 Å². The van der Waals surface area contributed by atoms with Crippen molar-refractivity contribution in [2.45, 2.75) is 40.0 Å². The highest BCUT2D eigenvalue weighted by molar-refractivity contribution is 5.91. The number of aromatic amines is 1. The Bertz CT molecular complexity index is 579. The van der Waals surface area contributed by atoms with Gasteiger partial charge in [-0.3, -0.25) is 5.10 Å². The zero-order chi connectivity index (χ0) is 14.1. The lowest BCUT2D eigenvalue weighted by atomic mass is 9.88. The van der Waals surface area contributed by atoms with Crippen LogP contribution in [-0.4, -0.2) is 28.3 Å². The zero-order valence-electron chi connectivity index (χ0n) is 12.7. The molecule has 0 radical (unpaired) electrons. The third kappa shape index (κ3) is 2.51. The van der Waals surface area contributed by atoms with Crippen LogP contribution in [-0.2, 0) is 0 Å². The van der Waals surface area contributed by atoms with Crippen LogP contribution < -0.4 is 4.90 Å². The summed E-state index contributed by atoms with van der Waals surface area (Å²) >= 11 is 0. The Morgan fingerprint density at radius 1 is 1.35 bits per heavy atom. The first-order valence-electron chi connectivity index (χ1n) is 7.69. The summed E-state index contributed by atoms with van der Waals surface area (Å²) in [6.07, 6.45) is 5.85. The molecule has 0 amide bonds. The molecule has 0 aromatic carbocycles. The lowest BCUT2D eigenvalue weighted by Crippen LogP contribution is -2.34. The molecule has 1 fully saturated rings. The number of nitrogens with one attached hydrogen (secondary N) is 1. The molecule has 2 aromatic rings. The van der Waals surface area contributed by atoms with Gasteiger partial charge in [0.1, 0.15) is 0 Å². The van der Waals surface area contributed by atoms with Crippen LogP contribution in [0.3, 0.4) is 0 Å². The highest BCUT2D eigenvalue weighted by atomic mass is 15.2. The largest absolute Gasteiger partial charge is 0.371 e. The number of piperidine rings is 1. The Morgan fingerprint density at radius 3 is 2.80 bits per heavy atom. The number of anilines is 1. The van der Waals surface area contributed by atoms with Crippen molar-refractivity contribution in [2.75, 3.05) is 18.0 Å². The van der Waals surface area contributed by atoms with Crippen molar-refractivity contribution in [3.8, 4) is 0 Å². The molecule has 3 rings (SSSR count). The molecule has 1 aliphatic heterocycles. The lowest BCUT2D eigenvalue weighted by Gasteiger charge is -2.34. The highest BCUT2D eigenvalue weighted by Gasteiger charge is 2.22. The quantitative estimate of drug-likeness (QED) is 0.929. The van der Waals surface area contributed by atoms with Gasteiger partial charge in [0.15, 0.2) is 5.65 Å². The van der Waals surface area contributed by atoms with E-state index >= 15 is 0 Å². The molecule has 3 heterocycles. The highest BCUT2D eigenvalue weighted by Crippen LogP contribution is 2.31. The first-order valence-corrected chi connectivity index (χ1v) is 7.69. The number of hydrogen-bond donors (Lipinski definition) is 1. The second-order valence-electron chi connectivity index (χ2n) is 6.44. The molecule has 4 nitrogen and oxygen atoms in total. The molecule has 4 heteroatoms. The molecule has 0 atom stereocenters. The predicted octanol–water partition coefficient (Wildman–Crippen LogP) is 3.53. The van der Waals surface area contributed by atoms with Crippen molar-refractivity contribution in [3.63, 3.8) is 0 Å². The molecule has 1 aliphatic rings. The Morgan fingerprint density at radius 2 is 2.10 bits per heavy atom. The van der Waals surface area contributed by atoms with Crippen LogP contribution in [0, 0.1) is 18.8 Å². The number of nitrogens with zero attached hydrogens (tertiary/aromatic N) is 3. The molecule has 0 aliphatic carbocycles. The van der Waals surface area contributed by atoms with Gasteiger partial charge in [-0.2, -0.15) is 5.10 Å². The summed E-state index contributed by atoms with van der Waals surface area (Å²) in [7, 11) is 0. The molecule has 108 valence electrons. The van der Waals surface area contributed by atoms with Crippen LogP contribution in [0.5, 0.6) is 0 Å². The average Bonchev–Trinajstić information content (AvgIpc) is 2.81. The number of hydrogen-bond acceptors (Lipinski definition) is 3. The van der Waals surface area contributed by atoms with Crippen LogP contribution >= 0.6 is 0 Å². The molecular weight excluding hydrogens is 248 g/mol. The zero-order valence-corrected chi connectivity index (χ0v) is 12.7. The van der Waals surface area contributed by atoms with E-state index in [1.54, 1.807) is 0 Å². The standard InChI is InChI=1S/C16H24N4/c1-11(2)10-13-5-8-20(9-6-13)14-4-7-17-16-15(14)12(3)18-19-16/h4,7,11,13H,5-6,8-10H2,1-3H3,(H,17,18,19). The smallest absolute Gasteiger partial charge is 0.183 e. The van der Waals surface area contributed by atoms with Crippen molar-refractivity contribution in [1.29, 1.82) is 0 Å². The van der Waals surface area contributed by atoms with Crippen LogP contribution in [0.25, 0.3) is 11.0 Å². The van der Waals surface area contributed by atoms with Gasteiger partial charge in [0.2, 0.25) is 0 Å². The van der Waals surface area contributed by atoms with Gasteiger partial charge >= 0.3 is 0 Å². The van der Waals surface area contributed by atoms with Crippen LogP contribution in [0.15, 0.2) is 12.3 Å². The minimum absolute atomic E-state index is 0.815. The second kappa shape index (κ2) is 5.43. The maximum atomic E-state index is 4.34. The fourth-order valence-corrected chi connectivity index (χ4v) is 3.42. The monoisotopic (exact) mass is 272 g/mol. The molecule has 0 saturated carbocycles. The third-order valence-corrected chi connectivity index (χ3v) is 4.37. The molecule has 0 unspecified atom stereocenters. The van der Waals surface area contributed by atoms with E-state index in [0.717, 1.165) is 36.3 Å². The van der Waals surface area contributed by atoms with E-state index < -0.39 is 0 Å². The summed E-state index contributed by atoms with van der Waals surface area (Å²) in [5.74, 6) is 1.71. The molecule has 0 bridgehead atoms. The number of aromatic nitrogens is 3. The van der Waals surface area contributed by atoms with Gasteiger partial charge in [0, 0.05) is 25.0 Å².